The van der Waals surface area contributed by atoms with E-state index >= 15 is 0 Å². The lowest BCUT2D eigenvalue weighted by molar-refractivity contribution is 0.911. The Kier molecular flexibility index (Phi) is 2.41. The molecule has 1 aromatic rings. The zero-order valence-electron chi connectivity index (χ0n) is 6.03. The van der Waals surface area contributed by atoms with Crippen LogP contribution in [0.1, 0.15) is 17.5 Å². The number of hydrogen-bond donors (Lipinski definition) is 0. The van der Waals surface area contributed by atoms with E-state index in [4.69, 9.17) is 0 Å². The van der Waals surface area contributed by atoms with Crippen LogP contribution in [-0.4, -0.2) is 0 Å². The third kappa shape index (κ3) is 1.56. The van der Waals surface area contributed by atoms with Crippen molar-refractivity contribution in [2.75, 3.05) is 0 Å². The van der Waals surface area contributed by atoms with Crippen LogP contribution in [0.15, 0.2) is 12.1 Å². The topological polar surface area (TPSA) is 0 Å². The molecular weight excluding hydrogens is 362 g/mol. The van der Waals surface area contributed by atoms with E-state index in [1.54, 1.807) is 11.1 Å². The van der Waals surface area contributed by atoms with Crippen molar-refractivity contribution in [3.8, 4) is 0 Å². The third-order valence-corrected chi connectivity index (χ3v) is 4.95. The molecular formula is C9H8I2. The van der Waals surface area contributed by atoms with Gasteiger partial charge in [-0.05, 0) is 87.7 Å². The summed E-state index contributed by atoms with van der Waals surface area (Å²) in [5, 5.41) is 0. The number of benzene rings is 1. The van der Waals surface area contributed by atoms with E-state index in [1.807, 2.05) is 0 Å². The van der Waals surface area contributed by atoms with Crippen molar-refractivity contribution >= 4 is 45.2 Å². The second-order valence-corrected chi connectivity index (χ2v) is 5.21. The van der Waals surface area contributed by atoms with Gasteiger partial charge in [0.25, 0.3) is 0 Å². The molecule has 0 spiro atoms. The summed E-state index contributed by atoms with van der Waals surface area (Å²) in [7, 11) is 0. The Morgan fingerprint density at radius 1 is 0.909 bits per heavy atom. The number of aryl methyl sites for hydroxylation is 2. The third-order valence-electron chi connectivity index (χ3n) is 2.13. The summed E-state index contributed by atoms with van der Waals surface area (Å²) in [6, 6.07) is 4.68. The Morgan fingerprint density at radius 2 is 1.36 bits per heavy atom. The molecule has 0 saturated carbocycles. The van der Waals surface area contributed by atoms with E-state index in [0.717, 1.165) is 0 Å². The van der Waals surface area contributed by atoms with E-state index in [-0.39, 0.29) is 0 Å². The van der Waals surface area contributed by atoms with Crippen molar-refractivity contribution in [1.29, 1.82) is 0 Å². The Bertz CT molecular complexity index is 263. The fourth-order valence-electron chi connectivity index (χ4n) is 1.56. The van der Waals surface area contributed by atoms with Gasteiger partial charge in [0.05, 0.1) is 0 Å². The van der Waals surface area contributed by atoms with Crippen molar-refractivity contribution in [3.05, 3.63) is 30.4 Å². The molecule has 0 atom stereocenters. The molecule has 1 aromatic carbocycles. The monoisotopic (exact) mass is 370 g/mol. The molecule has 0 nitrogen and oxygen atoms in total. The van der Waals surface area contributed by atoms with Gasteiger partial charge in [0.15, 0.2) is 0 Å². The Morgan fingerprint density at radius 3 is 1.82 bits per heavy atom. The average Bonchev–Trinajstić information content (AvgIpc) is 2.36. The molecule has 0 amide bonds. The van der Waals surface area contributed by atoms with E-state index in [0.29, 0.717) is 0 Å². The van der Waals surface area contributed by atoms with Crippen LogP contribution in [0, 0.1) is 7.14 Å². The van der Waals surface area contributed by atoms with E-state index in [1.165, 1.54) is 26.4 Å². The molecule has 11 heavy (non-hydrogen) atoms. The van der Waals surface area contributed by atoms with Crippen LogP contribution in [0.4, 0.5) is 0 Å². The highest BCUT2D eigenvalue weighted by molar-refractivity contribution is 14.1. The van der Waals surface area contributed by atoms with E-state index in [2.05, 4.69) is 57.3 Å². The van der Waals surface area contributed by atoms with Crippen LogP contribution in [0.3, 0.4) is 0 Å². The Hall–Kier alpha value is 0.680. The maximum Gasteiger partial charge on any atom is 0.0266 e. The molecule has 0 aliphatic heterocycles. The summed E-state index contributed by atoms with van der Waals surface area (Å²) >= 11 is 4.82. The van der Waals surface area contributed by atoms with Crippen molar-refractivity contribution in [2.24, 2.45) is 0 Å². The van der Waals surface area contributed by atoms with Gasteiger partial charge in [0, 0.05) is 7.14 Å². The lowest BCUT2D eigenvalue weighted by Crippen LogP contribution is -1.86. The summed E-state index contributed by atoms with van der Waals surface area (Å²) < 4.78 is 2.81. The average molecular weight is 370 g/mol. The highest BCUT2D eigenvalue weighted by Crippen LogP contribution is 2.27. The summed E-state index contributed by atoms with van der Waals surface area (Å²) in [5.41, 5.74) is 3.16. The number of hydrogen-bond acceptors (Lipinski definition) is 0. The first kappa shape index (κ1) is 8.29. The Balaban J connectivity index is 2.57. The largest absolute Gasteiger partial charge is 0.0451 e. The molecule has 0 N–H and O–H groups in total. The van der Waals surface area contributed by atoms with Gasteiger partial charge >= 0.3 is 0 Å². The summed E-state index contributed by atoms with van der Waals surface area (Å²) in [5.74, 6) is 0. The SMILES string of the molecule is Ic1cc2c(cc1I)CCC2. The molecule has 2 rings (SSSR count). The molecule has 0 aromatic heterocycles. The van der Waals surface area contributed by atoms with Crippen LogP contribution in [0.2, 0.25) is 0 Å². The van der Waals surface area contributed by atoms with Crippen molar-refractivity contribution in [2.45, 2.75) is 19.3 Å². The predicted octanol–water partition coefficient (Wildman–Crippen LogP) is 3.38. The summed E-state index contributed by atoms with van der Waals surface area (Å²) in [6.07, 6.45) is 3.94. The number of fused-ring (bicyclic) bond motifs is 1. The minimum Gasteiger partial charge on any atom is -0.0451 e. The van der Waals surface area contributed by atoms with Crippen molar-refractivity contribution < 1.29 is 0 Å². The summed E-state index contributed by atoms with van der Waals surface area (Å²) in [6.45, 7) is 0. The lowest BCUT2D eigenvalue weighted by atomic mass is 10.1. The van der Waals surface area contributed by atoms with Crippen molar-refractivity contribution in [3.63, 3.8) is 0 Å². The van der Waals surface area contributed by atoms with Crippen molar-refractivity contribution in [1.82, 2.24) is 0 Å². The molecule has 58 valence electrons. The second-order valence-electron chi connectivity index (χ2n) is 2.89. The first-order valence-electron chi connectivity index (χ1n) is 3.74. The zero-order valence-corrected chi connectivity index (χ0v) is 10.3. The zero-order chi connectivity index (χ0) is 7.84. The smallest absolute Gasteiger partial charge is 0.0266 e. The first-order chi connectivity index (χ1) is 5.27. The van der Waals surface area contributed by atoms with Gasteiger partial charge in [-0.1, -0.05) is 0 Å². The lowest BCUT2D eigenvalue weighted by Gasteiger charge is -2.01. The van der Waals surface area contributed by atoms with Crippen LogP contribution < -0.4 is 0 Å². The van der Waals surface area contributed by atoms with E-state index in [9.17, 15) is 0 Å². The Labute approximate surface area is 94.0 Å². The highest BCUT2D eigenvalue weighted by Gasteiger charge is 2.11. The van der Waals surface area contributed by atoms with Gasteiger partial charge < -0.3 is 0 Å². The predicted molar refractivity (Wildman–Crippen MR) is 63.9 cm³/mol. The molecule has 0 heterocycles. The normalized spacial score (nSPS) is 15.1. The molecule has 0 unspecified atom stereocenters. The van der Waals surface area contributed by atoms with Gasteiger partial charge in [0.1, 0.15) is 0 Å². The molecule has 1 aliphatic carbocycles. The molecule has 1 aliphatic rings. The second kappa shape index (κ2) is 3.20. The van der Waals surface area contributed by atoms with Gasteiger partial charge in [-0.2, -0.15) is 0 Å². The van der Waals surface area contributed by atoms with Crippen LogP contribution in [0.5, 0.6) is 0 Å². The maximum atomic E-state index is 2.41. The van der Waals surface area contributed by atoms with Crippen LogP contribution >= 0.6 is 45.2 Å². The van der Waals surface area contributed by atoms with Gasteiger partial charge in [0.2, 0.25) is 0 Å². The van der Waals surface area contributed by atoms with E-state index < -0.39 is 0 Å². The standard InChI is InChI=1S/C9H8I2/c10-8-4-6-2-1-3-7(6)5-9(8)11/h4-5H,1-3H2. The fourth-order valence-corrected chi connectivity index (χ4v) is 2.63. The van der Waals surface area contributed by atoms with Gasteiger partial charge in [-0.3, -0.25) is 0 Å². The quantitative estimate of drug-likeness (QED) is 0.615. The van der Waals surface area contributed by atoms with Gasteiger partial charge in [-0.15, -0.1) is 0 Å². The molecule has 0 bridgehead atoms. The maximum absolute atomic E-state index is 2.41. The number of halogens is 2. The molecule has 0 saturated heterocycles. The number of rotatable bonds is 0. The summed E-state index contributed by atoms with van der Waals surface area (Å²) in [4.78, 5) is 0. The highest BCUT2D eigenvalue weighted by atomic mass is 127. The minimum atomic E-state index is 1.29. The first-order valence-corrected chi connectivity index (χ1v) is 5.90. The fraction of sp³-hybridized carbons (Fsp3) is 0.333. The van der Waals surface area contributed by atoms with Crippen LogP contribution in [-0.2, 0) is 12.8 Å². The molecule has 0 radical (unpaired) electrons. The minimum absolute atomic E-state index is 1.29. The molecule has 2 heteroatoms. The van der Waals surface area contributed by atoms with Crippen LogP contribution in [0.25, 0.3) is 0 Å². The molecule has 0 fully saturated rings. The van der Waals surface area contributed by atoms with Gasteiger partial charge in [-0.25, -0.2) is 0 Å².